The fourth-order valence-electron chi connectivity index (χ4n) is 2.91. The van der Waals surface area contributed by atoms with Crippen molar-refractivity contribution in [1.82, 2.24) is 34.7 Å². The first-order valence-electron chi connectivity index (χ1n) is 9.20. The number of rotatable bonds is 8. The summed E-state index contributed by atoms with van der Waals surface area (Å²) in [6.45, 7) is 3.85. The van der Waals surface area contributed by atoms with Gasteiger partial charge in [-0.15, -0.1) is 0 Å². The number of carbonyl (C=O) groups excluding carboxylic acids is 1. The summed E-state index contributed by atoms with van der Waals surface area (Å²) in [5.41, 5.74) is 2.81. The molecule has 0 bridgehead atoms. The molecule has 0 fully saturated rings. The van der Waals surface area contributed by atoms with Crippen LogP contribution in [0, 0.1) is 0 Å². The Labute approximate surface area is 171 Å². The number of para-hydroxylation sites is 2. The van der Waals surface area contributed by atoms with Crippen LogP contribution in [0.3, 0.4) is 0 Å². The number of hydrogen-bond acceptors (Lipinski definition) is 8. The topological polar surface area (TPSA) is 110 Å². The van der Waals surface area contributed by atoms with Crippen molar-refractivity contribution in [1.29, 1.82) is 0 Å². The second kappa shape index (κ2) is 8.52. The quantitative estimate of drug-likeness (QED) is 0.322. The summed E-state index contributed by atoms with van der Waals surface area (Å²) >= 11 is 0. The van der Waals surface area contributed by atoms with Crippen LogP contribution in [-0.4, -0.2) is 47.3 Å². The minimum absolute atomic E-state index is 0.0742. The van der Waals surface area contributed by atoms with E-state index in [0.717, 1.165) is 11.0 Å². The number of tetrazole rings is 1. The van der Waals surface area contributed by atoms with Gasteiger partial charge in [0, 0.05) is 7.05 Å². The average molecular weight is 405 g/mol. The monoisotopic (exact) mass is 405 g/mol. The molecule has 0 aliphatic heterocycles. The van der Waals surface area contributed by atoms with Crippen molar-refractivity contribution in [2.24, 2.45) is 7.05 Å². The Morgan fingerprint density at radius 1 is 1.13 bits per heavy atom. The van der Waals surface area contributed by atoms with Crippen LogP contribution >= 0.6 is 0 Å². The van der Waals surface area contributed by atoms with Gasteiger partial charge in [0.1, 0.15) is 13.2 Å². The third kappa shape index (κ3) is 4.02. The number of pyridine rings is 1. The van der Waals surface area contributed by atoms with E-state index in [1.165, 1.54) is 10.8 Å². The zero-order valence-electron chi connectivity index (χ0n) is 16.3. The molecule has 0 unspecified atom stereocenters. The van der Waals surface area contributed by atoms with Crippen LogP contribution in [0.25, 0.3) is 17.0 Å². The SMILES string of the molecule is C=CCOC(=O)Cc1cccc(COc2nc3ccccc3n2-c2nnnn2C)n1. The highest BCUT2D eigenvalue weighted by atomic mass is 16.5. The fourth-order valence-corrected chi connectivity index (χ4v) is 2.91. The highest BCUT2D eigenvalue weighted by Crippen LogP contribution is 2.25. The molecular formula is C20H19N7O3. The van der Waals surface area contributed by atoms with Crippen LogP contribution in [0.5, 0.6) is 6.01 Å². The number of imidazole rings is 1. The number of esters is 1. The molecule has 0 spiro atoms. The van der Waals surface area contributed by atoms with Crippen molar-refractivity contribution >= 4 is 17.0 Å². The predicted molar refractivity (Wildman–Crippen MR) is 107 cm³/mol. The van der Waals surface area contributed by atoms with E-state index in [-0.39, 0.29) is 25.6 Å². The Bertz CT molecular complexity index is 1200. The third-order valence-corrected chi connectivity index (χ3v) is 4.23. The summed E-state index contributed by atoms with van der Waals surface area (Å²) in [5.74, 6) is 0.113. The Hall–Kier alpha value is -4.08. The van der Waals surface area contributed by atoms with Gasteiger partial charge in [0.15, 0.2) is 0 Å². The van der Waals surface area contributed by atoms with Crippen LogP contribution < -0.4 is 4.74 Å². The maximum atomic E-state index is 11.8. The Morgan fingerprint density at radius 2 is 1.97 bits per heavy atom. The summed E-state index contributed by atoms with van der Waals surface area (Å²) < 4.78 is 14.2. The number of nitrogens with zero attached hydrogens (tertiary/aromatic N) is 7. The average Bonchev–Trinajstić information content (AvgIpc) is 3.33. The lowest BCUT2D eigenvalue weighted by Crippen LogP contribution is -2.11. The molecule has 10 nitrogen and oxygen atoms in total. The molecule has 3 heterocycles. The first kappa shape index (κ1) is 19.2. The summed E-state index contributed by atoms with van der Waals surface area (Å²) in [6, 6.07) is 13.3. The second-order valence-electron chi connectivity index (χ2n) is 6.38. The molecule has 1 aromatic carbocycles. The number of aromatic nitrogens is 7. The third-order valence-electron chi connectivity index (χ3n) is 4.23. The molecule has 4 aromatic rings. The van der Waals surface area contributed by atoms with Crippen molar-refractivity contribution in [2.45, 2.75) is 13.0 Å². The predicted octanol–water partition coefficient (Wildman–Crippen LogP) is 1.79. The Balaban J connectivity index is 1.56. The van der Waals surface area contributed by atoms with E-state index in [9.17, 15) is 4.79 Å². The minimum atomic E-state index is -0.364. The van der Waals surface area contributed by atoms with E-state index in [1.54, 1.807) is 17.7 Å². The standard InChI is InChI=1S/C20H19N7O3/c1-3-11-29-18(28)12-14-7-6-8-15(21-14)13-30-20-22-16-9-4-5-10-17(16)27(20)19-23-24-25-26(19)2/h3-10H,1,11-13H2,2H3. The highest BCUT2D eigenvalue weighted by Gasteiger charge is 2.18. The van der Waals surface area contributed by atoms with E-state index in [4.69, 9.17) is 9.47 Å². The molecule has 0 N–H and O–H groups in total. The molecule has 0 atom stereocenters. The molecule has 0 saturated heterocycles. The van der Waals surface area contributed by atoms with Crippen molar-refractivity contribution < 1.29 is 14.3 Å². The smallest absolute Gasteiger partial charge is 0.312 e. The van der Waals surface area contributed by atoms with Gasteiger partial charge in [-0.2, -0.15) is 4.98 Å². The minimum Gasteiger partial charge on any atom is -0.461 e. The lowest BCUT2D eigenvalue weighted by molar-refractivity contribution is -0.141. The van der Waals surface area contributed by atoms with Crippen molar-refractivity contribution in [3.63, 3.8) is 0 Å². The van der Waals surface area contributed by atoms with Gasteiger partial charge in [0.2, 0.25) is 0 Å². The number of ether oxygens (including phenoxy) is 2. The number of benzene rings is 1. The lowest BCUT2D eigenvalue weighted by Gasteiger charge is -2.09. The molecule has 0 saturated carbocycles. The van der Waals surface area contributed by atoms with Gasteiger partial charge in [-0.05, 0) is 34.7 Å². The summed E-state index contributed by atoms with van der Waals surface area (Å²) in [6.07, 6.45) is 1.60. The first-order valence-corrected chi connectivity index (χ1v) is 9.20. The van der Waals surface area contributed by atoms with Gasteiger partial charge < -0.3 is 9.47 Å². The van der Waals surface area contributed by atoms with Gasteiger partial charge in [0.05, 0.1) is 28.8 Å². The molecule has 152 valence electrons. The van der Waals surface area contributed by atoms with E-state index in [0.29, 0.717) is 23.3 Å². The van der Waals surface area contributed by atoms with E-state index < -0.39 is 0 Å². The van der Waals surface area contributed by atoms with Crippen LogP contribution in [0.15, 0.2) is 55.1 Å². The first-order chi connectivity index (χ1) is 14.7. The van der Waals surface area contributed by atoms with Gasteiger partial charge in [-0.25, -0.2) is 9.25 Å². The molecule has 30 heavy (non-hydrogen) atoms. The Kier molecular flexibility index (Phi) is 5.46. The van der Waals surface area contributed by atoms with Gasteiger partial charge in [-0.3, -0.25) is 9.78 Å². The molecular weight excluding hydrogens is 386 g/mol. The molecule has 0 radical (unpaired) electrons. The van der Waals surface area contributed by atoms with Crippen molar-refractivity contribution in [3.8, 4) is 12.0 Å². The summed E-state index contributed by atoms with van der Waals surface area (Å²) in [4.78, 5) is 20.8. The number of aryl methyl sites for hydroxylation is 1. The van der Waals surface area contributed by atoms with Crippen LogP contribution in [0.2, 0.25) is 0 Å². The van der Waals surface area contributed by atoms with Gasteiger partial charge in [-0.1, -0.05) is 36.0 Å². The normalized spacial score (nSPS) is 10.8. The molecule has 10 heteroatoms. The summed E-state index contributed by atoms with van der Waals surface area (Å²) in [7, 11) is 1.74. The van der Waals surface area contributed by atoms with Gasteiger partial charge in [0.25, 0.3) is 5.95 Å². The van der Waals surface area contributed by atoms with Crippen molar-refractivity contribution in [2.75, 3.05) is 6.61 Å². The highest BCUT2D eigenvalue weighted by molar-refractivity contribution is 5.78. The van der Waals surface area contributed by atoms with E-state index in [2.05, 4.69) is 32.1 Å². The number of fused-ring (bicyclic) bond motifs is 1. The Morgan fingerprint density at radius 3 is 2.77 bits per heavy atom. The molecule has 3 aromatic heterocycles. The number of hydrogen-bond donors (Lipinski definition) is 0. The number of carbonyl (C=O) groups is 1. The zero-order chi connectivity index (χ0) is 20.9. The van der Waals surface area contributed by atoms with Crippen LogP contribution in [0.4, 0.5) is 0 Å². The van der Waals surface area contributed by atoms with Crippen LogP contribution in [-0.2, 0) is 29.6 Å². The molecule has 0 aliphatic carbocycles. The van der Waals surface area contributed by atoms with Crippen molar-refractivity contribution in [3.05, 3.63) is 66.5 Å². The molecule has 0 amide bonds. The maximum absolute atomic E-state index is 11.8. The zero-order valence-corrected chi connectivity index (χ0v) is 16.3. The largest absolute Gasteiger partial charge is 0.461 e. The molecule has 4 rings (SSSR count). The second-order valence-corrected chi connectivity index (χ2v) is 6.38. The van der Waals surface area contributed by atoms with Crippen LogP contribution in [0.1, 0.15) is 11.4 Å². The van der Waals surface area contributed by atoms with Gasteiger partial charge >= 0.3 is 12.0 Å². The fraction of sp³-hybridized carbons (Fsp3) is 0.200. The van der Waals surface area contributed by atoms with E-state index >= 15 is 0 Å². The maximum Gasteiger partial charge on any atom is 0.312 e. The van der Waals surface area contributed by atoms with E-state index in [1.807, 2.05) is 36.4 Å². The summed E-state index contributed by atoms with van der Waals surface area (Å²) in [5, 5.41) is 11.7. The molecule has 0 aliphatic rings. The lowest BCUT2D eigenvalue weighted by atomic mass is 10.2.